The highest BCUT2D eigenvalue weighted by atomic mass is 16.5. The molecule has 0 saturated heterocycles. The molecular formula is C15H20N4O3. The van der Waals surface area contributed by atoms with Crippen LogP contribution in [0.25, 0.3) is 0 Å². The summed E-state index contributed by atoms with van der Waals surface area (Å²) < 4.78 is 6.79. The van der Waals surface area contributed by atoms with Gasteiger partial charge in [0, 0.05) is 24.9 Å². The van der Waals surface area contributed by atoms with Gasteiger partial charge in [-0.3, -0.25) is 9.48 Å². The number of aromatic nitrogens is 3. The van der Waals surface area contributed by atoms with Gasteiger partial charge in [0.05, 0.1) is 30.5 Å². The smallest absolute Gasteiger partial charge is 0.228 e. The minimum atomic E-state index is -0.266. The fraction of sp³-hybridized carbons (Fsp3) is 0.533. The van der Waals surface area contributed by atoms with Gasteiger partial charge in [-0.2, -0.15) is 5.10 Å². The van der Waals surface area contributed by atoms with Crippen LogP contribution in [-0.4, -0.2) is 32.1 Å². The van der Waals surface area contributed by atoms with Crippen molar-refractivity contribution in [3.05, 3.63) is 35.5 Å². The van der Waals surface area contributed by atoms with E-state index in [9.17, 15) is 9.90 Å². The first-order valence-electron chi connectivity index (χ1n) is 7.39. The standard InChI is InChI=1S/C15H20N4O3/c1-9-3-13(22-18-9)6-14(21)17-15(10-4-12(20)5-10)11-7-16-19(2)8-11/h3,7-8,10,12,15,20H,4-6H2,1-2H3,(H,17,21)/t10?,12?,15-/m1/s1. The Bertz CT molecular complexity index is 657. The molecule has 2 N–H and O–H groups in total. The molecule has 1 fully saturated rings. The average Bonchev–Trinajstić information content (AvgIpc) is 3.02. The third kappa shape index (κ3) is 3.19. The highest BCUT2D eigenvalue weighted by molar-refractivity contribution is 5.78. The summed E-state index contributed by atoms with van der Waals surface area (Å²) in [6, 6.07) is 1.62. The summed E-state index contributed by atoms with van der Waals surface area (Å²) in [5.74, 6) is 0.666. The molecule has 2 heterocycles. The number of hydrogen-bond donors (Lipinski definition) is 2. The zero-order valence-electron chi connectivity index (χ0n) is 12.7. The van der Waals surface area contributed by atoms with E-state index in [-0.39, 0.29) is 30.4 Å². The van der Waals surface area contributed by atoms with Crippen molar-refractivity contribution in [2.75, 3.05) is 0 Å². The van der Waals surface area contributed by atoms with Gasteiger partial charge in [-0.05, 0) is 25.7 Å². The van der Waals surface area contributed by atoms with E-state index in [1.54, 1.807) is 16.9 Å². The van der Waals surface area contributed by atoms with E-state index in [0.717, 1.165) is 11.3 Å². The van der Waals surface area contributed by atoms with Crippen LogP contribution >= 0.6 is 0 Å². The molecule has 0 radical (unpaired) electrons. The van der Waals surface area contributed by atoms with Crippen molar-refractivity contribution in [3.8, 4) is 0 Å². The maximum Gasteiger partial charge on any atom is 0.228 e. The summed E-state index contributed by atoms with van der Waals surface area (Å²) in [4.78, 5) is 12.2. The Balaban J connectivity index is 1.68. The largest absolute Gasteiger partial charge is 0.393 e. The molecule has 7 nitrogen and oxygen atoms in total. The van der Waals surface area contributed by atoms with Gasteiger partial charge in [-0.25, -0.2) is 0 Å². The predicted molar refractivity (Wildman–Crippen MR) is 77.8 cm³/mol. The van der Waals surface area contributed by atoms with Gasteiger partial charge >= 0.3 is 0 Å². The van der Waals surface area contributed by atoms with E-state index < -0.39 is 0 Å². The number of aryl methyl sites for hydroxylation is 2. The fourth-order valence-electron chi connectivity index (χ4n) is 2.86. The van der Waals surface area contributed by atoms with Gasteiger partial charge < -0.3 is 14.9 Å². The third-order valence-corrected chi connectivity index (χ3v) is 4.03. The highest BCUT2D eigenvalue weighted by Crippen LogP contribution is 2.37. The Kier molecular flexibility index (Phi) is 3.98. The number of rotatable bonds is 5. The maximum absolute atomic E-state index is 12.2. The van der Waals surface area contributed by atoms with E-state index in [4.69, 9.17) is 4.52 Å². The van der Waals surface area contributed by atoms with E-state index in [1.165, 1.54) is 0 Å². The number of nitrogens with one attached hydrogen (secondary N) is 1. The van der Waals surface area contributed by atoms with Crippen molar-refractivity contribution in [1.82, 2.24) is 20.3 Å². The van der Waals surface area contributed by atoms with Crippen molar-refractivity contribution in [2.24, 2.45) is 13.0 Å². The first-order chi connectivity index (χ1) is 10.5. The Labute approximate surface area is 128 Å². The van der Waals surface area contributed by atoms with Crippen molar-refractivity contribution < 1.29 is 14.4 Å². The molecule has 1 atom stereocenters. The molecule has 2 aromatic rings. The molecule has 0 aliphatic heterocycles. The summed E-state index contributed by atoms with van der Waals surface area (Å²) in [6.07, 6.45) is 4.94. The Morgan fingerprint density at radius 1 is 1.59 bits per heavy atom. The van der Waals surface area contributed by atoms with Crippen molar-refractivity contribution in [1.29, 1.82) is 0 Å². The van der Waals surface area contributed by atoms with Crippen LogP contribution in [0.5, 0.6) is 0 Å². The van der Waals surface area contributed by atoms with Gasteiger partial charge in [0.25, 0.3) is 0 Å². The van der Waals surface area contributed by atoms with Crippen molar-refractivity contribution in [3.63, 3.8) is 0 Å². The SMILES string of the molecule is Cc1cc(CC(=O)N[C@@H](c2cnn(C)c2)C2CC(O)C2)on1. The van der Waals surface area contributed by atoms with E-state index in [0.29, 0.717) is 18.6 Å². The molecule has 0 aromatic carbocycles. The molecule has 1 saturated carbocycles. The van der Waals surface area contributed by atoms with Crippen LogP contribution in [0.15, 0.2) is 23.0 Å². The summed E-state index contributed by atoms with van der Waals surface area (Å²) in [6.45, 7) is 1.82. The first-order valence-corrected chi connectivity index (χ1v) is 7.39. The molecule has 22 heavy (non-hydrogen) atoms. The van der Waals surface area contributed by atoms with Gasteiger partial charge in [0.15, 0.2) is 0 Å². The van der Waals surface area contributed by atoms with Crippen LogP contribution in [0.4, 0.5) is 0 Å². The predicted octanol–water partition coefficient (Wildman–Crippen LogP) is 0.887. The lowest BCUT2D eigenvalue weighted by molar-refractivity contribution is -0.122. The Hall–Kier alpha value is -2.15. The normalized spacial score (nSPS) is 22.1. The summed E-state index contributed by atoms with van der Waals surface area (Å²) in [5.41, 5.74) is 1.72. The zero-order valence-corrected chi connectivity index (χ0v) is 12.7. The number of amides is 1. The molecule has 3 rings (SSSR count). The lowest BCUT2D eigenvalue weighted by Gasteiger charge is -2.37. The quantitative estimate of drug-likeness (QED) is 0.855. The Morgan fingerprint density at radius 2 is 2.36 bits per heavy atom. The van der Waals surface area contributed by atoms with Crippen LogP contribution in [0, 0.1) is 12.8 Å². The van der Waals surface area contributed by atoms with Gasteiger partial charge in [-0.1, -0.05) is 5.16 Å². The second kappa shape index (κ2) is 5.92. The van der Waals surface area contributed by atoms with E-state index in [2.05, 4.69) is 15.6 Å². The maximum atomic E-state index is 12.2. The molecule has 1 aliphatic carbocycles. The molecule has 0 bridgehead atoms. The highest BCUT2D eigenvalue weighted by Gasteiger charge is 2.36. The second-order valence-electron chi connectivity index (χ2n) is 5.99. The molecule has 0 spiro atoms. The lowest BCUT2D eigenvalue weighted by atomic mass is 9.75. The fourth-order valence-corrected chi connectivity index (χ4v) is 2.86. The average molecular weight is 304 g/mol. The number of hydrogen-bond acceptors (Lipinski definition) is 5. The van der Waals surface area contributed by atoms with Crippen LogP contribution in [0.1, 0.15) is 35.9 Å². The zero-order chi connectivity index (χ0) is 15.7. The molecule has 1 amide bonds. The minimum absolute atomic E-state index is 0.119. The number of aliphatic hydroxyl groups is 1. The summed E-state index contributed by atoms with van der Waals surface area (Å²) in [5, 5.41) is 20.5. The summed E-state index contributed by atoms with van der Waals surface area (Å²) in [7, 11) is 1.84. The van der Waals surface area contributed by atoms with Crippen molar-refractivity contribution >= 4 is 5.91 Å². The number of nitrogens with zero attached hydrogens (tertiary/aromatic N) is 3. The molecule has 118 valence electrons. The van der Waals surface area contributed by atoms with Crippen LogP contribution in [0.2, 0.25) is 0 Å². The number of carbonyl (C=O) groups is 1. The minimum Gasteiger partial charge on any atom is -0.393 e. The monoisotopic (exact) mass is 304 g/mol. The van der Waals surface area contributed by atoms with E-state index >= 15 is 0 Å². The van der Waals surface area contributed by atoms with Gasteiger partial charge in [-0.15, -0.1) is 0 Å². The Morgan fingerprint density at radius 3 is 2.91 bits per heavy atom. The van der Waals surface area contributed by atoms with Gasteiger partial charge in [0.2, 0.25) is 5.91 Å². The third-order valence-electron chi connectivity index (χ3n) is 4.03. The topological polar surface area (TPSA) is 93.2 Å². The van der Waals surface area contributed by atoms with Crippen molar-refractivity contribution in [2.45, 2.75) is 38.3 Å². The summed E-state index contributed by atoms with van der Waals surface area (Å²) >= 11 is 0. The van der Waals surface area contributed by atoms with E-state index in [1.807, 2.05) is 20.2 Å². The molecule has 1 aliphatic rings. The van der Waals surface area contributed by atoms with Crippen LogP contribution in [-0.2, 0) is 18.3 Å². The number of carbonyl (C=O) groups excluding carboxylic acids is 1. The molecule has 7 heteroatoms. The van der Waals surface area contributed by atoms with Gasteiger partial charge in [0.1, 0.15) is 5.76 Å². The van der Waals surface area contributed by atoms with Crippen LogP contribution in [0.3, 0.4) is 0 Å². The lowest BCUT2D eigenvalue weighted by Crippen LogP contribution is -2.41. The molecule has 2 aromatic heterocycles. The molecule has 0 unspecified atom stereocenters. The second-order valence-corrected chi connectivity index (χ2v) is 5.99. The number of aliphatic hydroxyl groups excluding tert-OH is 1. The van der Waals surface area contributed by atoms with Crippen LogP contribution < -0.4 is 5.32 Å². The first kappa shape index (κ1) is 14.8. The molecular weight excluding hydrogens is 284 g/mol.